The fourth-order valence-corrected chi connectivity index (χ4v) is 6.13. The number of hydrogen-bond donors (Lipinski definition) is 2. The largest absolute Gasteiger partial charge is 0.496 e. The molecule has 0 saturated heterocycles. The zero-order valence-corrected chi connectivity index (χ0v) is 21.0. The second-order valence-corrected chi connectivity index (χ2v) is 10.7. The van der Waals surface area contributed by atoms with Crippen molar-refractivity contribution in [1.29, 1.82) is 0 Å². The van der Waals surface area contributed by atoms with Crippen molar-refractivity contribution >= 4 is 45.0 Å². The molecule has 10 heteroatoms. The third kappa shape index (κ3) is 5.08. The smallest absolute Gasteiger partial charge is 0.262 e. The normalized spacial score (nSPS) is 14.3. The van der Waals surface area contributed by atoms with Crippen LogP contribution in [0, 0.1) is 0 Å². The van der Waals surface area contributed by atoms with Gasteiger partial charge in [-0.2, -0.15) is 0 Å². The average molecular weight is 513 g/mol. The molecule has 1 amide bonds. The number of nitrogens with one attached hydrogen (secondary N) is 1. The maximum atomic E-state index is 13.3. The van der Waals surface area contributed by atoms with Crippen molar-refractivity contribution in [3.05, 3.63) is 70.6 Å². The first-order chi connectivity index (χ1) is 16.7. The van der Waals surface area contributed by atoms with Crippen molar-refractivity contribution in [1.82, 2.24) is 0 Å². The number of anilines is 2. The first-order valence-corrected chi connectivity index (χ1v) is 12.9. The molecule has 0 spiro atoms. The Hall–Kier alpha value is -3.63. The summed E-state index contributed by atoms with van der Waals surface area (Å²) in [4.78, 5) is 13.8. The minimum absolute atomic E-state index is 0.126. The number of fused-ring (bicyclic) bond motifs is 1. The van der Waals surface area contributed by atoms with E-state index in [1.807, 2.05) is 0 Å². The minimum Gasteiger partial charge on any atom is -0.496 e. The summed E-state index contributed by atoms with van der Waals surface area (Å²) in [5.41, 5.74) is 8.12. The molecule has 8 nitrogen and oxygen atoms in total. The Bertz CT molecular complexity index is 1410. The van der Waals surface area contributed by atoms with Crippen LogP contribution >= 0.6 is 11.8 Å². The fourth-order valence-electron chi connectivity index (χ4n) is 3.67. The molecule has 0 radical (unpaired) electrons. The maximum absolute atomic E-state index is 13.3. The molecule has 1 aliphatic heterocycles. The molecule has 3 aromatic carbocycles. The van der Waals surface area contributed by atoms with Crippen LogP contribution in [0.25, 0.3) is 6.08 Å². The van der Waals surface area contributed by atoms with Gasteiger partial charge in [-0.05, 0) is 54.1 Å². The van der Waals surface area contributed by atoms with Crippen LogP contribution in [0.4, 0.5) is 11.4 Å². The zero-order valence-electron chi connectivity index (χ0n) is 19.3. The Balaban J connectivity index is 1.66. The van der Waals surface area contributed by atoms with Gasteiger partial charge in [-0.1, -0.05) is 23.9 Å². The molecule has 1 heterocycles. The number of nitrogen functional groups attached to an aromatic ring is 1. The van der Waals surface area contributed by atoms with Crippen LogP contribution in [0.3, 0.4) is 0 Å². The van der Waals surface area contributed by atoms with Crippen molar-refractivity contribution in [2.75, 3.05) is 32.4 Å². The summed E-state index contributed by atoms with van der Waals surface area (Å²) in [6.45, 7) is 0. The number of carbonyl (C=O) groups is 1. The van der Waals surface area contributed by atoms with E-state index in [1.54, 1.807) is 54.6 Å². The van der Waals surface area contributed by atoms with Crippen LogP contribution in [0.15, 0.2) is 69.3 Å². The van der Waals surface area contributed by atoms with Crippen molar-refractivity contribution in [3.63, 3.8) is 0 Å². The van der Waals surface area contributed by atoms with Gasteiger partial charge in [-0.15, -0.1) is 0 Å². The van der Waals surface area contributed by atoms with Gasteiger partial charge in [0, 0.05) is 4.90 Å². The third-order valence-corrected chi connectivity index (χ3v) is 8.14. The Morgan fingerprint density at radius 1 is 0.943 bits per heavy atom. The number of benzene rings is 3. The van der Waals surface area contributed by atoms with Gasteiger partial charge in [0.2, 0.25) is 0 Å². The number of thioether (sulfide) groups is 1. The van der Waals surface area contributed by atoms with Gasteiger partial charge in [-0.3, -0.25) is 4.79 Å². The SMILES string of the molecule is COc1ccc(C=C2Sc3cc(S(=O)(=O)Cc4c(OC)cccc4OC)ccc3NC2=O)cc1N. The molecule has 35 heavy (non-hydrogen) atoms. The van der Waals surface area contributed by atoms with Crippen molar-refractivity contribution in [2.24, 2.45) is 0 Å². The van der Waals surface area contributed by atoms with E-state index < -0.39 is 9.84 Å². The molecular formula is C25H24N2O6S2. The molecule has 0 saturated carbocycles. The number of rotatable bonds is 7. The van der Waals surface area contributed by atoms with Crippen LogP contribution in [-0.2, 0) is 20.4 Å². The number of carbonyl (C=O) groups excluding carboxylic acids is 1. The highest BCUT2D eigenvalue weighted by Gasteiger charge is 2.26. The summed E-state index contributed by atoms with van der Waals surface area (Å²) in [6.07, 6.45) is 1.69. The van der Waals surface area contributed by atoms with Crippen LogP contribution in [-0.4, -0.2) is 35.7 Å². The topological polar surface area (TPSA) is 117 Å². The Morgan fingerprint density at radius 2 is 1.63 bits per heavy atom. The number of amides is 1. The lowest BCUT2D eigenvalue weighted by Crippen LogP contribution is -2.18. The molecule has 0 atom stereocenters. The van der Waals surface area contributed by atoms with Gasteiger partial charge in [0.25, 0.3) is 5.91 Å². The molecule has 3 aromatic rings. The van der Waals surface area contributed by atoms with E-state index in [2.05, 4.69) is 5.32 Å². The van der Waals surface area contributed by atoms with E-state index in [4.69, 9.17) is 19.9 Å². The number of methoxy groups -OCH3 is 3. The Labute approximate surface area is 208 Å². The highest BCUT2D eigenvalue weighted by Crippen LogP contribution is 2.41. The van der Waals surface area contributed by atoms with E-state index in [-0.39, 0.29) is 16.6 Å². The summed E-state index contributed by atoms with van der Waals surface area (Å²) in [7, 11) is 0.737. The number of ether oxygens (including phenoxy) is 3. The number of sulfone groups is 1. The van der Waals surface area contributed by atoms with Gasteiger partial charge in [-0.25, -0.2) is 8.42 Å². The number of hydrogen-bond acceptors (Lipinski definition) is 8. The molecule has 0 fully saturated rings. The standard InChI is InChI=1S/C25H24N2O6S2/c1-31-20-5-4-6-21(32-2)17(20)14-35(29,30)16-8-9-19-23(13-16)34-24(25(28)27-19)12-15-7-10-22(33-3)18(26)11-15/h4-13H,14,26H2,1-3H3,(H,27,28). The lowest BCUT2D eigenvalue weighted by atomic mass is 10.1. The molecule has 0 aliphatic carbocycles. The van der Waals surface area contributed by atoms with E-state index in [0.717, 1.165) is 5.56 Å². The van der Waals surface area contributed by atoms with Gasteiger partial charge in [0.15, 0.2) is 9.84 Å². The molecule has 1 aliphatic rings. The monoisotopic (exact) mass is 512 g/mol. The average Bonchev–Trinajstić information content (AvgIpc) is 2.84. The van der Waals surface area contributed by atoms with Crippen LogP contribution < -0.4 is 25.3 Å². The summed E-state index contributed by atoms with van der Waals surface area (Å²) in [5, 5.41) is 2.81. The molecule has 0 unspecified atom stereocenters. The summed E-state index contributed by atoms with van der Waals surface area (Å²) in [6, 6.07) is 15.0. The summed E-state index contributed by atoms with van der Waals surface area (Å²) in [5.74, 6) is 0.808. The van der Waals surface area contributed by atoms with E-state index in [9.17, 15) is 13.2 Å². The minimum atomic E-state index is -3.75. The van der Waals surface area contributed by atoms with Gasteiger partial charge in [0.1, 0.15) is 17.2 Å². The lowest BCUT2D eigenvalue weighted by molar-refractivity contribution is -0.112. The lowest BCUT2D eigenvalue weighted by Gasteiger charge is -2.20. The summed E-state index contributed by atoms with van der Waals surface area (Å²) >= 11 is 1.19. The van der Waals surface area contributed by atoms with Crippen LogP contribution in [0.2, 0.25) is 0 Å². The predicted molar refractivity (Wildman–Crippen MR) is 137 cm³/mol. The van der Waals surface area contributed by atoms with Gasteiger partial charge < -0.3 is 25.3 Å². The number of nitrogens with two attached hydrogens (primary N) is 1. The zero-order chi connectivity index (χ0) is 25.2. The third-order valence-electron chi connectivity index (χ3n) is 5.42. The Morgan fingerprint density at radius 3 is 2.26 bits per heavy atom. The van der Waals surface area contributed by atoms with Crippen LogP contribution in [0.1, 0.15) is 11.1 Å². The van der Waals surface area contributed by atoms with E-state index >= 15 is 0 Å². The molecular weight excluding hydrogens is 488 g/mol. The highest BCUT2D eigenvalue weighted by molar-refractivity contribution is 8.04. The molecule has 0 bridgehead atoms. The van der Waals surface area contributed by atoms with Gasteiger partial charge in [0.05, 0.1) is 53.8 Å². The molecule has 4 rings (SSSR count). The van der Waals surface area contributed by atoms with Gasteiger partial charge >= 0.3 is 0 Å². The molecule has 0 aromatic heterocycles. The predicted octanol–water partition coefficient (Wildman–Crippen LogP) is 4.35. The second kappa shape index (κ2) is 9.93. The molecule has 3 N–H and O–H groups in total. The first kappa shape index (κ1) is 24.5. The van der Waals surface area contributed by atoms with E-state index in [0.29, 0.717) is 44.0 Å². The summed E-state index contributed by atoms with van der Waals surface area (Å²) < 4.78 is 42.5. The fraction of sp³-hybridized carbons (Fsp3) is 0.160. The van der Waals surface area contributed by atoms with Crippen molar-refractivity contribution in [2.45, 2.75) is 15.5 Å². The Kier molecular flexibility index (Phi) is 6.95. The molecule has 182 valence electrons. The quantitative estimate of drug-likeness (QED) is 0.354. The van der Waals surface area contributed by atoms with Crippen molar-refractivity contribution in [3.8, 4) is 17.2 Å². The maximum Gasteiger partial charge on any atom is 0.262 e. The van der Waals surface area contributed by atoms with Crippen molar-refractivity contribution < 1.29 is 27.4 Å². The first-order valence-electron chi connectivity index (χ1n) is 10.5. The van der Waals surface area contributed by atoms with E-state index in [1.165, 1.54) is 39.2 Å². The highest BCUT2D eigenvalue weighted by atomic mass is 32.2. The second-order valence-electron chi connectivity index (χ2n) is 7.62. The van der Waals surface area contributed by atoms with Crippen LogP contribution in [0.5, 0.6) is 17.2 Å².